The number of carbonyl (C=O) groups is 1. The number of rotatable bonds is 6. The molecular weight excluding hydrogens is 388 g/mol. The van der Waals surface area contributed by atoms with E-state index >= 15 is 0 Å². The van der Waals surface area contributed by atoms with E-state index in [1.165, 1.54) is 11.3 Å². The average molecular weight is 403 g/mol. The number of hydrogen-bond acceptors (Lipinski definition) is 9. The number of thiophene rings is 1. The molecule has 2 aromatic heterocycles. The number of hydrogen-bond donors (Lipinski definition) is 3. The van der Waals surface area contributed by atoms with E-state index in [9.17, 15) is 10.1 Å². The highest BCUT2D eigenvalue weighted by Crippen LogP contribution is 2.37. The van der Waals surface area contributed by atoms with Crippen molar-refractivity contribution in [1.82, 2.24) is 10.2 Å². The Kier molecular flexibility index (Phi) is 5.72. The van der Waals surface area contributed by atoms with Crippen molar-refractivity contribution in [2.24, 2.45) is 0 Å². The predicted octanol–water partition coefficient (Wildman–Crippen LogP) is 4.16. The summed E-state index contributed by atoms with van der Waals surface area (Å²) in [5, 5.41) is 24.1. The van der Waals surface area contributed by atoms with Crippen molar-refractivity contribution in [3.8, 4) is 6.07 Å². The second kappa shape index (κ2) is 8.18. The van der Waals surface area contributed by atoms with Crippen LogP contribution >= 0.6 is 34.4 Å². The Labute approximate surface area is 162 Å². The van der Waals surface area contributed by atoms with E-state index in [2.05, 4.69) is 26.9 Å². The highest BCUT2D eigenvalue weighted by atomic mass is 32.2. The number of nitrogens with two attached hydrogens (primary N) is 1. The summed E-state index contributed by atoms with van der Waals surface area (Å²) in [5.41, 5.74) is 7.24. The number of benzene rings is 1. The van der Waals surface area contributed by atoms with Gasteiger partial charge in [0.1, 0.15) is 21.5 Å². The number of amides is 1. The molecule has 0 saturated carbocycles. The lowest BCUT2D eigenvalue weighted by Crippen LogP contribution is -2.12. The standard InChI is InChI=1S/C16H14N6OS3/c1-2-24-16-22-21-15(26-16)20-13(23)12-11(18)10(8-17)14(25-12)19-9-6-4-3-5-7-9/h3-7,19H,2,18H2,1H3,(H,20,21,23). The van der Waals surface area contributed by atoms with Gasteiger partial charge >= 0.3 is 0 Å². The fourth-order valence-electron chi connectivity index (χ4n) is 2.06. The molecule has 0 aliphatic heterocycles. The number of thioether (sulfide) groups is 1. The van der Waals surface area contributed by atoms with Crippen LogP contribution in [0.4, 0.5) is 21.5 Å². The molecule has 10 heteroatoms. The Hall–Kier alpha value is -2.61. The lowest BCUT2D eigenvalue weighted by molar-refractivity contribution is 0.103. The summed E-state index contributed by atoms with van der Waals surface area (Å²) in [5.74, 6) is 0.467. The second-order valence-electron chi connectivity index (χ2n) is 4.91. The SMILES string of the molecule is CCSc1nnc(NC(=O)c2sc(Nc3ccccc3)c(C#N)c2N)s1. The zero-order valence-corrected chi connectivity index (χ0v) is 16.1. The molecule has 0 aliphatic carbocycles. The minimum Gasteiger partial charge on any atom is -0.396 e. The lowest BCUT2D eigenvalue weighted by Gasteiger charge is -2.03. The summed E-state index contributed by atoms with van der Waals surface area (Å²) in [6, 6.07) is 11.4. The largest absolute Gasteiger partial charge is 0.396 e. The molecule has 7 nitrogen and oxygen atoms in total. The van der Waals surface area contributed by atoms with Gasteiger partial charge in [0.05, 0.1) is 5.69 Å². The third kappa shape index (κ3) is 3.96. The smallest absolute Gasteiger partial charge is 0.269 e. The number of nitrogen functional groups attached to an aromatic ring is 1. The number of anilines is 4. The lowest BCUT2D eigenvalue weighted by atomic mass is 10.2. The van der Waals surface area contributed by atoms with Crippen LogP contribution < -0.4 is 16.4 Å². The van der Waals surface area contributed by atoms with E-state index < -0.39 is 5.91 Å². The number of para-hydroxylation sites is 1. The van der Waals surface area contributed by atoms with Gasteiger partial charge in [-0.2, -0.15) is 5.26 Å². The molecule has 4 N–H and O–H groups in total. The molecular formula is C16H14N6OS3. The summed E-state index contributed by atoms with van der Waals surface area (Å²) in [7, 11) is 0. The Bertz CT molecular complexity index is 960. The number of carbonyl (C=O) groups excluding carboxylic acids is 1. The molecule has 1 aromatic carbocycles. The zero-order chi connectivity index (χ0) is 18.5. The highest BCUT2D eigenvalue weighted by Gasteiger charge is 2.22. The minimum absolute atomic E-state index is 0.154. The number of nitriles is 1. The van der Waals surface area contributed by atoms with E-state index in [0.717, 1.165) is 27.1 Å². The molecule has 0 spiro atoms. The van der Waals surface area contributed by atoms with E-state index in [1.807, 2.05) is 37.3 Å². The summed E-state index contributed by atoms with van der Waals surface area (Å²) in [6.07, 6.45) is 0. The molecule has 0 aliphatic rings. The fourth-order valence-corrected chi connectivity index (χ4v) is 4.69. The van der Waals surface area contributed by atoms with Crippen molar-refractivity contribution in [2.45, 2.75) is 11.3 Å². The van der Waals surface area contributed by atoms with Gasteiger partial charge in [0, 0.05) is 5.69 Å². The van der Waals surface area contributed by atoms with Crippen LogP contribution in [-0.4, -0.2) is 21.9 Å². The molecule has 0 unspecified atom stereocenters. The molecule has 3 aromatic rings. The third-order valence-corrected chi connectivity index (χ3v) is 6.16. The summed E-state index contributed by atoms with van der Waals surface area (Å²) < 4.78 is 0.783. The Morgan fingerprint density at radius 3 is 2.77 bits per heavy atom. The first kappa shape index (κ1) is 18.2. The molecule has 26 heavy (non-hydrogen) atoms. The fraction of sp³-hybridized carbons (Fsp3) is 0.125. The first-order valence-corrected chi connectivity index (χ1v) is 10.2. The van der Waals surface area contributed by atoms with Crippen LogP contribution in [-0.2, 0) is 0 Å². The van der Waals surface area contributed by atoms with Gasteiger partial charge in [-0.15, -0.1) is 21.5 Å². The van der Waals surface area contributed by atoms with Gasteiger partial charge in [0.25, 0.3) is 5.91 Å². The van der Waals surface area contributed by atoms with Crippen LogP contribution in [0.15, 0.2) is 34.7 Å². The van der Waals surface area contributed by atoms with Gasteiger partial charge in [-0.1, -0.05) is 48.2 Å². The predicted molar refractivity (Wildman–Crippen MR) is 107 cm³/mol. The molecule has 0 radical (unpaired) electrons. The molecule has 3 rings (SSSR count). The maximum absolute atomic E-state index is 12.6. The maximum Gasteiger partial charge on any atom is 0.269 e. The Balaban J connectivity index is 1.82. The van der Waals surface area contributed by atoms with Gasteiger partial charge < -0.3 is 11.1 Å². The van der Waals surface area contributed by atoms with E-state index in [4.69, 9.17) is 5.73 Å². The Morgan fingerprint density at radius 1 is 1.31 bits per heavy atom. The molecule has 2 heterocycles. The average Bonchev–Trinajstić information content (AvgIpc) is 3.20. The van der Waals surface area contributed by atoms with Crippen molar-refractivity contribution in [1.29, 1.82) is 5.26 Å². The molecule has 0 saturated heterocycles. The first-order valence-electron chi connectivity index (χ1n) is 7.54. The summed E-state index contributed by atoms with van der Waals surface area (Å²) >= 11 is 3.98. The van der Waals surface area contributed by atoms with E-state index in [-0.39, 0.29) is 16.1 Å². The van der Waals surface area contributed by atoms with Crippen LogP contribution in [0.3, 0.4) is 0 Å². The van der Waals surface area contributed by atoms with Crippen LogP contribution in [0.2, 0.25) is 0 Å². The van der Waals surface area contributed by atoms with Gasteiger partial charge in [0.15, 0.2) is 4.34 Å². The quantitative estimate of drug-likeness (QED) is 0.418. The number of aromatic nitrogens is 2. The normalized spacial score (nSPS) is 10.3. The van der Waals surface area contributed by atoms with Crippen LogP contribution in [0.25, 0.3) is 0 Å². The number of nitrogens with one attached hydrogen (secondary N) is 2. The van der Waals surface area contributed by atoms with Crippen LogP contribution in [0, 0.1) is 11.3 Å². The monoisotopic (exact) mass is 402 g/mol. The van der Waals surface area contributed by atoms with Crippen molar-refractivity contribution >= 4 is 61.9 Å². The topological polar surface area (TPSA) is 117 Å². The van der Waals surface area contributed by atoms with Crippen LogP contribution in [0.1, 0.15) is 22.2 Å². The number of nitrogens with zero attached hydrogens (tertiary/aromatic N) is 3. The first-order chi connectivity index (χ1) is 12.6. The van der Waals surface area contributed by atoms with Gasteiger partial charge in [-0.05, 0) is 17.9 Å². The van der Waals surface area contributed by atoms with E-state index in [1.54, 1.807) is 11.8 Å². The molecule has 0 bridgehead atoms. The van der Waals surface area contributed by atoms with E-state index in [0.29, 0.717) is 10.1 Å². The van der Waals surface area contributed by atoms with Crippen molar-refractivity contribution in [2.75, 3.05) is 22.1 Å². The molecule has 0 atom stereocenters. The molecule has 0 fully saturated rings. The van der Waals surface area contributed by atoms with Gasteiger partial charge in [0.2, 0.25) is 5.13 Å². The summed E-state index contributed by atoms with van der Waals surface area (Å²) in [6.45, 7) is 2.02. The Morgan fingerprint density at radius 2 is 2.08 bits per heavy atom. The maximum atomic E-state index is 12.6. The minimum atomic E-state index is -0.408. The van der Waals surface area contributed by atoms with Gasteiger partial charge in [-0.3, -0.25) is 10.1 Å². The van der Waals surface area contributed by atoms with Gasteiger partial charge in [-0.25, -0.2) is 0 Å². The second-order valence-corrected chi connectivity index (χ2v) is 8.42. The third-order valence-electron chi connectivity index (χ3n) is 3.19. The summed E-state index contributed by atoms with van der Waals surface area (Å²) in [4.78, 5) is 12.8. The van der Waals surface area contributed by atoms with Crippen molar-refractivity contribution < 1.29 is 4.79 Å². The van der Waals surface area contributed by atoms with Crippen molar-refractivity contribution in [3.63, 3.8) is 0 Å². The molecule has 1 amide bonds. The van der Waals surface area contributed by atoms with Crippen LogP contribution in [0.5, 0.6) is 0 Å². The van der Waals surface area contributed by atoms with Crippen molar-refractivity contribution in [3.05, 3.63) is 40.8 Å². The molecule has 132 valence electrons. The highest BCUT2D eigenvalue weighted by molar-refractivity contribution is 8.01. The zero-order valence-electron chi connectivity index (χ0n) is 13.6.